The Hall–Kier alpha value is -1.11. The molecule has 1 saturated heterocycles. The highest BCUT2D eigenvalue weighted by molar-refractivity contribution is 7.89. The van der Waals surface area contributed by atoms with E-state index >= 15 is 0 Å². The lowest BCUT2D eigenvalue weighted by Gasteiger charge is -2.21. The van der Waals surface area contributed by atoms with Gasteiger partial charge >= 0.3 is 0 Å². The molecule has 118 valence electrons. The first-order valence-electron chi connectivity index (χ1n) is 7.53. The Kier molecular flexibility index (Phi) is 5.24. The van der Waals surface area contributed by atoms with Crippen molar-refractivity contribution in [1.82, 2.24) is 4.90 Å². The van der Waals surface area contributed by atoms with Crippen LogP contribution in [-0.4, -0.2) is 39.0 Å². The average molecular weight is 311 g/mol. The van der Waals surface area contributed by atoms with E-state index in [-0.39, 0.29) is 4.90 Å². The van der Waals surface area contributed by atoms with Crippen molar-refractivity contribution in [1.29, 1.82) is 0 Å². The monoisotopic (exact) mass is 311 g/mol. The molecule has 1 aliphatic rings. The molecule has 6 heteroatoms. The highest BCUT2D eigenvalue weighted by atomic mass is 32.2. The quantitative estimate of drug-likeness (QED) is 0.891. The molecule has 3 N–H and O–H groups in total. The third kappa shape index (κ3) is 4.18. The number of nitrogens with two attached hydrogens (primary N) is 1. The second-order valence-corrected chi connectivity index (χ2v) is 7.21. The van der Waals surface area contributed by atoms with Crippen LogP contribution in [0.5, 0.6) is 0 Å². The SMILES string of the molecule is CCN1CCCC(Nc2cccc(S(N)(=O)=O)c2C)CC1. The van der Waals surface area contributed by atoms with Gasteiger partial charge in [0, 0.05) is 18.3 Å². The zero-order valence-electron chi connectivity index (χ0n) is 12.8. The smallest absolute Gasteiger partial charge is 0.238 e. The van der Waals surface area contributed by atoms with Crippen LogP contribution >= 0.6 is 0 Å². The van der Waals surface area contributed by atoms with Gasteiger partial charge in [-0.2, -0.15) is 0 Å². The van der Waals surface area contributed by atoms with E-state index in [9.17, 15) is 8.42 Å². The number of sulfonamides is 1. The number of benzene rings is 1. The van der Waals surface area contributed by atoms with E-state index in [0.29, 0.717) is 11.6 Å². The standard InChI is InChI=1S/C15H25N3O2S/c1-3-18-10-5-6-13(9-11-18)17-14-7-4-8-15(12(14)2)21(16,19)20/h4,7-8,13,17H,3,5-6,9-11H2,1-2H3,(H2,16,19,20). The van der Waals surface area contributed by atoms with Crippen LogP contribution in [0, 0.1) is 6.92 Å². The van der Waals surface area contributed by atoms with Gasteiger partial charge in [0.15, 0.2) is 0 Å². The Labute approximate surface area is 127 Å². The molecule has 5 nitrogen and oxygen atoms in total. The first-order chi connectivity index (χ1) is 9.91. The lowest BCUT2D eigenvalue weighted by atomic mass is 10.1. The summed E-state index contributed by atoms with van der Waals surface area (Å²) in [7, 11) is -3.66. The van der Waals surface area contributed by atoms with Crippen molar-refractivity contribution in [2.75, 3.05) is 25.0 Å². The van der Waals surface area contributed by atoms with Gasteiger partial charge in [0.1, 0.15) is 0 Å². The van der Waals surface area contributed by atoms with Crippen LogP contribution in [0.4, 0.5) is 5.69 Å². The van der Waals surface area contributed by atoms with Gasteiger partial charge in [-0.1, -0.05) is 13.0 Å². The number of anilines is 1. The maximum Gasteiger partial charge on any atom is 0.238 e. The van der Waals surface area contributed by atoms with Gasteiger partial charge in [-0.25, -0.2) is 13.6 Å². The molecule has 0 spiro atoms. The molecule has 1 fully saturated rings. The van der Waals surface area contributed by atoms with Gasteiger partial charge in [-0.3, -0.25) is 0 Å². The molecule has 0 amide bonds. The fraction of sp³-hybridized carbons (Fsp3) is 0.600. The van der Waals surface area contributed by atoms with Gasteiger partial charge in [-0.05, 0) is 57.0 Å². The van der Waals surface area contributed by atoms with Gasteiger partial charge in [0.25, 0.3) is 0 Å². The van der Waals surface area contributed by atoms with E-state index in [0.717, 1.165) is 38.2 Å². The maximum atomic E-state index is 11.6. The highest BCUT2D eigenvalue weighted by Gasteiger charge is 2.18. The van der Waals surface area contributed by atoms with E-state index in [4.69, 9.17) is 5.14 Å². The van der Waals surface area contributed by atoms with Gasteiger partial charge in [-0.15, -0.1) is 0 Å². The lowest BCUT2D eigenvalue weighted by molar-refractivity contribution is 0.300. The zero-order valence-corrected chi connectivity index (χ0v) is 13.6. The molecular weight excluding hydrogens is 286 g/mol. The Bertz CT molecular complexity index is 587. The van der Waals surface area contributed by atoms with E-state index in [1.54, 1.807) is 19.1 Å². The largest absolute Gasteiger partial charge is 0.382 e. The number of nitrogens with one attached hydrogen (secondary N) is 1. The molecule has 1 unspecified atom stereocenters. The predicted octanol–water partition coefficient (Wildman–Crippen LogP) is 1.93. The summed E-state index contributed by atoms with van der Waals surface area (Å²) < 4.78 is 23.2. The minimum Gasteiger partial charge on any atom is -0.382 e. The molecule has 0 aromatic heterocycles. The highest BCUT2D eigenvalue weighted by Crippen LogP contribution is 2.24. The number of primary sulfonamides is 1. The molecule has 1 heterocycles. The molecule has 1 aliphatic heterocycles. The minimum absolute atomic E-state index is 0.205. The minimum atomic E-state index is -3.66. The summed E-state index contributed by atoms with van der Waals surface area (Å²) in [6.45, 7) is 7.31. The van der Waals surface area contributed by atoms with Crippen LogP contribution in [-0.2, 0) is 10.0 Å². The molecular formula is C15H25N3O2S. The van der Waals surface area contributed by atoms with E-state index in [2.05, 4.69) is 17.1 Å². The number of nitrogens with zero attached hydrogens (tertiary/aromatic N) is 1. The summed E-state index contributed by atoms with van der Waals surface area (Å²) in [5, 5.41) is 8.76. The maximum absolute atomic E-state index is 11.6. The normalized spacial score (nSPS) is 21.0. The molecule has 21 heavy (non-hydrogen) atoms. The molecule has 0 bridgehead atoms. The van der Waals surface area contributed by atoms with Crippen molar-refractivity contribution in [3.63, 3.8) is 0 Å². The number of hydrogen-bond acceptors (Lipinski definition) is 4. The summed E-state index contributed by atoms with van der Waals surface area (Å²) in [6, 6.07) is 5.61. The van der Waals surface area contributed by atoms with E-state index < -0.39 is 10.0 Å². The van der Waals surface area contributed by atoms with Crippen molar-refractivity contribution in [2.45, 2.75) is 44.0 Å². The summed E-state index contributed by atoms with van der Waals surface area (Å²) in [6.07, 6.45) is 3.35. The lowest BCUT2D eigenvalue weighted by Crippen LogP contribution is -2.26. The molecule has 0 saturated carbocycles. The van der Waals surface area contributed by atoms with Crippen LogP contribution in [0.15, 0.2) is 23.1 Å². The molecule has 2 rings (SSSR count). The summed E-state index contributed by atoms with van der Waals surface area (Å²) in [4.78, 5) is 2.66. The van der Waals surface area contributed by atoms with E-state index in [1.807, 2.05) is 6.07 Å². The summed E-state index contributed by atoms with van der Waals surface area (Å²) in [5.41, 5.74) is 1.58. The van der Waals surface area contributed by atoms with Crippen LogP contribution in [0.1, 0.15) is 31.7 Å². The first-order valence-corrected chi connectivity index (χ1v) is 9.07. The Morgan fingerprint density at radius 2 is 2.10 bits per heavy atom. The second kappa shape index (κ2) is 6.77. The van der Waals surface area contributed by atoms with Crippen molar-refractivity contribution < 1.29 is 8.42 Å². The van der Waals surface area contributed by atoms with Crippen molar-refractivity contribution >= 4 is 15.7 Å². The summed E-state index contributed by atoms with van der Waals surface area (Å²) >= 11 is 0. The van der Waals surface area contributed by atoms with Crippen LogP contribution in [0.25, 0.3) is 0 Å². The third-order valence-corrected chi connectivity index (χ3v) is 5.27. The predicted molar refractivity (Wildman–Crippen MR) is 85.9 cm³/mol. The molecule has 0 aliphatic carbocycles. The number of hydrogen-bond donors (Lipinski definition) is 2. The third-order valence-electron chi connectivity index (χ3n) is 4.22. The Morgan fingerprint density at radius 3 is 2.76 bits per heavy atom. The fourth-order valence-corrected chi connectivity index (χ4v) is 3.72. The van der Waals surface area contributed by atoms with Gasteiger partial charge in [0.05, 0.1) is 4.90 Å². The average Bonchev–Trinajstić information content (AvgIpc) is 2.65. The second-order valence-electron chi connectivity index (χ2n) is 5.68. The molecule has 0 radical (unpaired) electrons. The first kappa shape index (κ1) is 16.3. The van der Waals surface area contributed by atoms with Crippen LogP contribution < -0.4 is 10.5 Å². The van der Waals surface area contributed by atoms with E-state index in [1.165, 1.54) is 6.42 Å². The van der Waals surface area contributed by atoms with Crippen molar-refractivity contribution in [3.8, 4) is 0 Å². The zero-order chi connectivity index (χ0) is 15.5. The number of likely N-dealkylation sites (tertiary alicyclic amines) is 1. The van der Waals surface area contributed by atoms with Gasteiger partial charge in [0.2, 0.25) is 10.0 Å². The van der Waals surface area contributed by atoms with Crippen LogP contribution in [0.2, 0.25) is 0 Å². The summed E-state index contributed by atoms with van der Waals surface area (Å²) in [5.74, 6) is 0. The van der Waals surface area contributed by atoms with Crippen molar-refractivity contribution in [3.05, 3.63) is 23.8 Å². The van der Waals surface area contributed by atoms with Crippen molar-refractivity contribution in [2.24, 2.45) is 5.14 Å². The Morgan fingerprint density at radius 1 is 1.33 bits per heavy atom. The molecule has 1 aromatic carbocycles. The Balaban J connectivity index is 2.13. The van der Waals surface area contributed by atoms with Gasteiger partial charge < -0.3 is 10.2 Å². The topological polar surface area (TPSA) is 75.4 Å². The number of rotatable bonds is 4. The molecule has 1 aromatic rings. The van der Waals surface area contributed by atoms with Crippen LogP contribution in [0.3, 0.4) is 0 Å². The fourth-order valence-electron chi connectivity index (χ4n) is 2.92. The molecule has 1 atom stereocenters.